The molecular weight excluding hydrogens is 136 g/mol. The standard InChI is InChI=1S/C6H10O4/c1-4(2)3-10-6(9)5(7)8/h4H,3H2,1-2H3,(H,7,8). The molecule has 0 saturated heterocycles. The molecule has 10 heavy (non-hydrogen) atoms. The number of rotatable bonds is 2. The van der Waals surface area contributed by atoms with Crippen molar-refractivity contribution in [3.05, 3.63) is 0 Å². The van der Waals surface area contributed by atoms with Crippen LogP contribution in [0, 0.1) is 5.92 Å². The first-order valence-electron chi connectivity index (χ1n) is 2.94. The van der Waals surface area contributed by atoms with E-state index in [0.29, 0.717) is 0 Å². The van der Waals surface area contributed by atoms with E-state index in [4.69, 9.17) is 5.11 Å². The largest absolute Gasteiger partial charge is 0.473 e. The Balaban J connectivity index is 3.50. The van der Waals surface area contributed by atoms with Gasteiger partial charge in [-0.2, -0.15) is 0 Å². The van der Waals surface area contributed by atoms with E-state index < -0.39 is 11.9 Å². The third-order valence-corrected chi connectivity index (χ3v) is 0.722. The lowest BCUT2D eigenvalue weighted by Crippen LogP contribution is -2.18. The summed E-state index contributed by atoms with van der Waals surface area (Å²) in [6.45, 7) is 3.81. The summed E-state index contributed by atoms with van der Waals surface area (Å²) in [4.78, 5) is 20.1. The first-order valence-corrected chi connectivity index (χ1v) is 2.94. The van der Waals surface area contributed by atoms with Crippen LogP contribution in [0.1, 0.15) is 13.8 Å². The minimum atomic E-state index is -1.54. The third-order valence-electron chi connectivity index (χ3n) is 0.722. The van der Waals surface area contributed by atoms with Gasteiger partial charge in [-0.25, -0.2) is 9.59 Å². The van der Waals surface area contributed by atoms with E-state index in [-0.39, 0.29) is 12.5 Å². The summed E-state index contributed by atoms with van der Waals surface area (Å²) in [5, 5.41) is 8.02. The lowest BCUT2D eigenvalue weighted by Gasteiger charge is -2.02. The topological polar surface area (TPSA) is 63.6 Å². The molecule has 4 nitrogen and oxygen atoms in total. The van der Waals surface area contributed by atoms with Gasteiger partial charge in [0.1, 0.15) is 0 Å². The Labute approximate surface area is 58.8 Å². The van der Waals surface area contributed by atoms with Crippen LogP contribution < -0.4 is 0 Å². The average molecular weight is 146 g/mol. The van der Waals surface area contributed by atoms with E-state index in [9.17, 15) is 9.59 Å². The van der Waals surface area contributed by atoms with E-state index in [0.717, 1.165) is 0 Å². The molecule has 0 aromatic rings. The second-order valence-corrected chi connectivity index (χ2v) is 2.30. The summed E-state index contributed by atoms with van der Waals surface area (Å²) in [6, 6.07) is 0. The van der Waals surface area contributed by atoms with Gasteiger partial charge >= 0.3 is 11.9 Å². The number of hydrogen-bond donors (Lipinski definition) is 1. The minimum Gasteiger partial charge on any atom is -0.473 e. The van der Waals surface area contributed by atoms with Crippen LogP contribution in [-0.4, -0.2) is 23.7 Å². The molecule has 0 aliphatic heterocycles. The maximum absolute atomic E-state index is 10.2. The molecule has 0 aromatic heterocycles. The lowest BCUT2D eigenvalue weighted by molar-refractivity contribution is -0.164. The van der Waals surface area contributed by atoms with Crippen molar-refractivity contribution >= 4 is 11.9 Å². The van der Waals surface area contributed by atoms with Crippen molar-refractivity contribution in [1.82, 2.24) is 0 Å². The number of carbonyl (C=O) groups excluding carboxylic acids is 1. The molecule has 0 heterocycles. The third kappa shape index (κ3) is 3.88. The van der Waals surface area contributed by atoms with Crippen molar-refractivity contribution in [2.75, 3.05) is 6.61 Å². The molecule has 0 unspecified atom stereocenters. The van der Waals surface area contributed by atoms with Crippen molar-refractivity contribution in [1.29, 1.82) is 0 Å². The zero-order chi connectivity index (χ0) is 8.15. The predicted molar refractivity (Wildman–Crippen MR) is 33.4 cm³/mol. The van der Waals surface area contributed by atoms with Crippen LogP contribution in [0.15, 0.2) is 0 Å². The van der Waals surface area contributed by atoms with Crippen molar-refractivity contribution in [2.45, 2.75) is 13.8 Å². The number of carbonyl (C=O) groups is 2. The quantitative estimate of drug-likeness (QED) is 0.448. The molecule has 0 aliphatic carbocycles. The van der Waals surface area contributed by atoms with Gasteiger partial charge < -0.3 is 9.84 Å². The second kappa shape index (κ2) is 3.87. The highest BCUT2D eigenvalue weighted by Crippen LogP contribution is 1.92. The Bertz CT molecular complexity index is 139. The van der Waals surface area contributed by atoms with Gasteiger partial charge in [0.25, 0.3) is 0 Å². The average Bonchev–Trinajstić information content (AvgIpc) is 1.82. The van der Waals surface area contributed by atoms with Crippen LogP contribution in [0.5, 0.6) is 0 Å². The molecule has 0 aromatic carbocycles. The number of esters is 1. The molecule has 1 N–H and O–H groups in total. The molecule has 58 valence electrons. The van der Waals surface area contributed by atoms with E-state index in [1.807, 2.05) is 13.8 Å². The predicted octanol–water partition coefficient (Wildman–Crippen LogP) is 0.270. The van der Waals surface area contributed by atoms with Crippen molar-refractivity contribution in [2.24, 2.45) is 5.92 Å². The van der Waals surface area contributed by atoms with Gasteiger partial charge in [-0.3, -0.25) is 0 Å². The van der Waals surface area contributed by atoms with Gasteiger partial charge in [-0.1, -0.05) is 13.8 Å². The lowest BCUT2D eigenvalue weighted by atomic mass is 10.2. The van der Waals surface area contributed by atoms with E-state index in [1.165, 1.54) is 0 Å². The Morgan fingerprint density at radius 3 is 2.30 bits per heavy atom. The molecule has 4 heteroatoms. The molecule has 0 rings (SSSR count). The van der Waals surface area contributed by atoms with E-state index >= 15 is 0 Å². The van der Waals surface area contributed by atoms with Crippen LogP contribution in [0.2, 0.25) is 0 Å². The summed E-state index contributed by atoms with van der Waals surface area (Å²) >= 11 is 0. The molecule has 0 atom stereocenters. The monoisotopic (exact) mass is 146 g/mol. The maximum atomic E-state index is 10.2. The Hall–Kier alpha value is -1.06. The summed E-state index contributed by atoms with van der Waals surface area (Å²) < 4.78 is 4.33. The number of ether oxygens (including phenoxy) is 1. The van der Waals surface area contributed by atoms with Gasteiger partial charge in [0.15, 0.2) is 0 Å². The number of carboxylic acid groups (broad SMARTS) is 1. The van der Waals surface area contributed by atoms with Crippen molar-refractivity contribution < 1.29 is 19.4 Å². The number of aliphatic carboxylic acids is 1. The zero-order valence-electron chi connectivity index (χ0n) is 5.96. The summed E-state index contributed by atoms with van der Waals surface area (Å²) in [7, 11) is 0. The minimum absolute atomic E-state index is 0.158. The highest BCUT2D eigenvalue weighted by atomic mass is 16.6. The van der Waals surface area contributed by atoms with Crippen molar-refractivity contribution in [3.8, 4) is 0 Å². The summed E-state index contributed by atoms with van der Waals surface area (Å²) in [5.74, 6) is -2.56. The Kier molecular flexibility index (Phi) is 3.46. The highest BCUT2D eigenvalue weighted by molar-refractivity contribution is 6.28. The Morgan fingerprint density at radius 2 is 2.00 bits per heavy atom. The first kappa shape index (κ1) is 8.94. The zero-order valence-corrected chi connectivity index (χ0v) is 5.96. The maximum Gasteiger partial charge on any atom is 0.417 e. The van der Waals surface area contributed by atoms with Gasteiger partial charge in [0.05, 0.1) is 6.61 Å². The van der Waals surface area contributed by atoms with Gasteiger partial charge in [-0.05, 0) is 5.92 Å². The molecule has 0 amide bonds. The fourth-order valence-corrected chi connectivity index (χ4v) is 0.304. The molecule has 0 saturated carbocycles. The highest BCUT2D eigenvalue weighted by Gasteiger charge is 2.12. The van der Waals surface area contributed by atoms with Crippen LogP contribution in [0.4, 0.5) is 0 Å². The van der Waals surface area contributed by atoms with Crippen LogP contribution in [-0.2, 0) is 14.3 Å². The second-order valence-electron chi connectivity index (χ2n) is 2.30. The van der Waals surface area contributed by atoms with Crippen molar-refractivity contribution in [3.63, 3.8) is 0 Å². The first-order chi connectivity index (χ1) is 4.54. The number of hydrogen-bond acceptors (Lipinski definition) is 3. The molecule has 0 spiro atoms. The van der Waals surface area contributed by atoms with E-state index in [1.54, 1.807) is 0 Å². The van der Waals surface area contributed by atoms with E-state index in [2.05, 4.69) is 4.74 Å². The van der Waals surface area contributed by atoms with Gasteiger partial charge in [0.2, 0.25) is 0 Å². The van der Waals surface area contributed by atoms with Gasteiger partial charge in [0, 0.05) is 0 Å². The van der Waals surface area contributed by atoms with Crippen LogP contribution in [0.3, 0.4) is 0 Å². The summed E-state index contributed by atoms with van der Waals surface area (Å²) in [5.41, 5.74) is 0. The number of carboxylic acids is 1. The molecular formula is C6H10O4. The Morgan fingerprint density at radius 1 is 1.50 bits per heavy atom. The fraction of sp³-hybridized carbons (Fsp3) is 0.667. The molecule has 0 aliphatic rings. The fourth-order valence-electron chi connectivity index (χ4n) is 0.304. The van der Waals surface area contributed by atoms with Crippen LogP contribution in [0.25, 0.3) is 0 Å². The normalized spacial score (nSPS) is 9.50. The SMILES string of the molecule is CC(C)COC(=O)C(=O)O. The van der Waals surface area contributed by atoms with Gasteiger partial charge in [-0.15, -0.1) is 0 Å². The smallest absolute Gasteiger partial charge is 0.417 e. The van der Waals surface area contributed by atoms with Crippen LogP contribution >= 0.6 is 0 Å². The molecule has 0 bridgehead atoms. The summed E-state index contributed by atoms with van der Waals surface area (Å²) in [6.07, 6.45) is 0. The molecule has 0 radical (unpaired) electrons. The molecule has 0 fully saturated rings.